The standard InChI is InChI=1S/C11H12N2O2/c12-9-4-2-1-3-8(9)7-5-10(11(14)15)13-6-7/h1-4,6,10,13H,5,12H2,(H,14,15). The van der Waals surface area contributed by atoms with E-state index in [9.17, 15) is 4.79 Å². The number of nitrogens with two attached hydrogens (primary N) is 1. The van der Waals surface area contributed by atoms with Gasteiger partial charge in [0.2, 0.25) is 0 Å². The average molecular weight is 204 g/mol. The zero-order valence-corrected chi connectivity index (χ0v) is 8.10. The van der Waals surface area contributed by atoms with Gasteiger partial charge in [-0.05, 0) is 11.6 Å². The number of carboxylic acids is 1. The first-order valence-corrected chi connectivity index (χ1v) is 4.71. The Bertz CT molecular complexity index is 426. The lowest BCUT2D eigenvalue weighted by atomic mass is 10.0. The molecule has 0 saturated heterocycles. The zero-order valence-electron chi connectivity index (χ0n) is 8.10. The third kappa shape index (κ3) is 1.79. The first-order chi connectivity index (χ1) is 7.18. The predicted octanol–water partition coefficient (Wildman–Crippen LogP) is 1.06. The summed E-state index contributed by atoms with van der Waals surface area (Å²) in [5.41, 5.74) is 8.34. The average Bonchev–Trinajstić information content (AvgIpc) is 2.67. The number of hydrogen-bond donors (Lipinski definition) is 3. The minimum atomic E-state index is -0.837. The molecular weight excluding hydrogens is 192 g/mol. The van der Waals surface area contributed by atoms with Crippen LogP contribution in [0, 0.1) is 0 Å². The summed E-state index contributed by atoms with van der Waals surface area (Å²) >= 11 is 0. The molecule has 0 radical (unpaired) electrons. The highest BCUT2D eigenvalue weighted by molar-refractivity contribution is 5.83. The van der Waals surface area contributed by atoms with Crippen LogP contribution in [0.25, 0.3) is 5.57 Å². The van der Waals surface area contributed by atoms with E-state index in [2.05, 4.69) is 5.32 Å². The molecule has 0 fully saturated rings. The molecular formula is C11H12N2O2. The Hall–Kier alpha value is -1.97. The number of nitrogens with one attached hydrogen (secondary N) is 1. The predicted molar refractivity (Wildman–Crippen MR) is 58.0 cm³/mol. The van der Waals surface area contributed by atoms with E-state index in [1.165, 1.54) is 0 Å². The minimum Gasteiger partial charge on any atom is -0.480 e. The molecule has 1 aromatic carbocycles. The van der Waals surface area contributed by atoms with Crippen LogP contribution in [0.3, 0.4) is 0 Å². The maximum atomic E-state index is 10.7. The fourth-order valence-corrected chi connectivity index (χ4v) is 1.67. The maximum absolute atomic E-state index is 10.7. The van der Waals surface area contributed by atoms with Crippen LogP contribution in [0.4, 0.5) is 5.69 Å². The van der Waals surface area contributed by atoms with Gasteiger partial charge in [-0.3, -0.25) is 0 Å². The van der Waals surface area contributed by atoms with Crippen LogP contribution in [0.2, 0.25) is 0 Å². The van der Waals surface area contributed by atoms with E-state index in [0.29, 0.717) is 12.1 Å². The summed E-state index contributed by atoms with van der Waals surface area (Å²) in [6.07, 6.45) is 2.20. The van der Waals surface area contributed by atoms with Gasteiger partial charge in [0, 0.05) is 23.9 Å². The topological polar surface area (TPSA) is 75.3 Å². The van der Waals surface area contributed by atoms with E-state index in [1.54, 1.807) is 6.20 Å². The molecule has 1 heterocycles. The Morgan fingerprint density at radius 1 is 1.47 bits per heavy atom. The van der Waals surface area contributed by atoms with Crippen LogP contribution in [-0.2, 0) is 4.79 Å². The summed E-state index contributed by atoms with van der Waals surface area (Å²) in [5.74, 6) is -0.837. The van der Waals surface area contributed by atoms with Gasteiger partial charge in [0.1, 0.15) is 6.04 Å². The summed E-state index contributed by atoms with van der Waals surface area (Å²) in [7, 11) is 0. The molecule has 1 unspecified atom stereocenters. The fourth-order valence-electron chi connectivity index (χ4n) is 1.67. The van der Waals surface area contributed by atoms with E-state index in [0.717, 1.165) is 11.1 Å². The number of nitrogen functional groups attached to an aromatic ring is 1. The summed E-state index contributed by atoms with van der Waals surface area (Å²) < 4.78 is 0. The molecule has 1 aromatic rings. The molecule has 0 aliphatic carbocycles. The summed E-state index contributed by atoms with van der Waals surface area (Å²) in [6.45, 7) is 0. The molecule has 4 heteroatoms. The largest absolute Gasteiger partial charge is 0.480 e. The van der Waals surface area contributed by atoms with Crippen molar-refractivity contribution >= 4 is 17.2 Å². The molecule has 2 rings (SSSR count). The van der Waals surface area contributed by atoms with Crippen molar-refractivity contribution in [1.29, 1.82) is 0 Å². The van der Waals surface area contributed by atoms with Crippen LogP contribution < -0.4 is 11.1 Å². The van der Waals surface area contributed by atoms with Crippen molar-refractivity contribution in [2.45, 2.75) is 12.5 Å². The fraction of sp³-hybridized carbons (Fsp3) is 0.182. The van der Waals surface area contributed by atoms with Crippen molar-refractivity contribution in [3.05, 3.63) is 36.0 Å². The van der Waals surface area contributed by atoms with Gasteiger partial charge in [0.15, 0.2) is 0 Å². The summed E-state index contributed by atoms with van der Waals surface area (Å²) in [4.78, 5) is 10.7. The number of anilines is 1. The minimum absolute atomic E-state index is 0.476. The first kappa shape index (κ1) is 9.58. The van der Waals surface area contributed by atoms with Gasteiger partial charge in [0.05, 0.1) is 0 Å². The third-order valence-corrected chi connectivity index (χ3v) is 2.49. The van der Waals surface area contributed by atoms with Crippen LogP contribution in [-0.4, -0.2) is 17.1 Å². The molecule has 1 aliphatic rings. The lowest BCUT2D eigenvalue weighted by molar-refractivity contribution is -0.138. The van der Waals surface area contributed by atoms with Gasteiger partial charge in [-0.25, -0.2) is 4.79 Å². The number of rotatable bonds is 2. The lowest BCUT2D eigenvalue weighted by Gasteiger charge is -2.06. The van der Waals surface area contributed by atoms with E-state index >= 15 is 0 Å². The third-order valence-electron chi connectivity index (χ3n) is 2.49. The Balaban J connectivity index is 2.21. The number of hydrogen-bond acceptors (Lipinski definition) is 3. The maximum Gasteiger partial charge on any atom is 0.326 e. The molecule has 0 aromatic heterocycles. The van der Waals surface area contributed by atoms with Gasteiger partial charge in [0.25, 0.3) is 0 Å². The van der Waals surface area contributed by atoms with Crippen LogP contribution in [0.15, 0.2) is 30.5 Å². The van der Waals surface area contributed by atoms with Crippen molar-refractivity contribution in [2.75, 3.05) is 5.73 Å². The van der Waals surface area contributed by atoms with Gasteiger partial charge >= 0.3 is 5.97 Å². The highest BCUT2D eigenvalue weighted by Crippen LogP contribution is 2.27. The quantitative estimate of drug-likeness (QED) is 0.629. The lowest BCUT2D eigenvalue weighted by Crippen LogP contribution is -2.28. The van der Waals surface area contributed by atoms with E-state index in [4.69, 9.17) is 10.8 Å². The number of aliphatic carboxylic acids is 1. The van der Waals surface area contributed by atoms with Gasteiger partial charge in [-0.2, -0.15) is 0 Å². The van der Waals surface area contributed by atoms with E-state index in [1.807, 2.05) is 24.3 Å². The first-order valence-electron chi connectivity index (χ1n) is 4.71. The van der Waals surface area contributed by atoms with Crippen molar-refractivity contribution in [3.63, 3.8) is 0 Å². The molecule has 0 amide bonds. The monoisotopic (exact) mass is 204 g/mol. The van der Waals surface area contributed by atoms with Crippen molar-refractivity contribution in [3.8, 4) is 0 Å². The van der Waals surface area contributed by atoms with E-state index in [-0.39, 0.29) is 0 Å². The normalized spacial score (nSPS) is 19.5. The number of carbonyl (C=O) groups is 1. The van der Waals surface area contributed by atoms with Crippen molar-refractivity contribution in [2.24, 2.45) is 0 Å². The highest BCUT2D eigenvalue weighted by Gasteiger charge is 2.24. The Labute approximate surface area is 87.4 Å². The summed E-state index contributed by atoms with van der Waals surface area (Å²) in [6, 6.07) is 6.92. The molecule has 0 saturated carbocycles. The van der Waals surface area contributed by atoms with Crippen molar-refractivity contribution < 1.29 is 9.90 Å². The second-order valence-electron chi connectivity index (χ2n) is 3.52. The number of benzene rings is 1. The Kier molecular flexibility index (Phi) is 2.33. The summed E-state index contributed by atoms with van der Waals surface area (Å²) in [5, 5.41) is 11.6. The number of para-hydroxylation sites is 1. The smallest absolute Gasteiger partial charge is 0.326 e. The molecule has 1 atom stereocenters. The Morgan fingerprint density at radius 2 is 2.20 bits per heavy atom. The highest BCUT2D eigenvalue weighted by atomic mass is 16.4. The van der Waals surface area contributed by atoms with Crippen LogP contribution in [0.5, 0.6) is 0 Å². The van der Waals surface area contributed by atoms with E-state index < -0.39 is 12.0 Å². The van der Waals surface area contributed by atoms with Crippen LogP contribution >= 0.6 is 0 Å². The van der Waals surface area contributed by atoms with Gasteiger partial charge < -0.3 is 16.2 Å². The Morgan fingerprint density at radius 3 is 2.80 bits per heavy atom. The van der Waals surface area contributed by atoms with Crippen molar-refractivity contribution in [1.82, 2.24) is 5.32 Å². The second kappa shape index (κ2) is 3.65. The second-order valence-corrected chi connectivity index (χ2v) is 3.52. The SMILES string of the molecule is Nc1ccccc1C1=CNC(C(=O)O)C1. The zero-order chi connectivity index (χ0) is 10.8. The van der Waals surface area contributed by atoms with Gasteiger partial charge in [-0.15, -0.1) is 0 Å². The number of carboxylic acid groups (broad SMARTS) is 1. The molecule has 4 nitrogen and oxygen atoms in total. The molecule has 4 N–H and O–H groups in total. The van der Waals surface area contributed by atoms with Crippen LogP contribution in [0.1, 0.15) is 12.0 Å². The van der Waals surface area contributed by atoms with Gasteiger partial charge in [-0.1, -0.05) is 18.2 Å². The molecule has 78 valence electrons. The molecule has 15 heavy (non-hydrogen) atoms. The molecule has 0 spiro atoms. The molecule has 0 bridgehead atoms. The molecule has 1 aliphatic heterocycles.